The maximum atomic E-state index is 13.2. The van der Waals surface area contributed by atoms with Crippen LogP contribution in [0.25, 0.3) is 22.5 Å². The quantitative estimate of drug-likeness (QED) is 0.305. The van der Waals surface area contributed by atoms with Crippen LogP contribution in [0.4, 0.5) is 4.79 Å². The second-order valence-electron chi connectivity index (χ2n) is 8.63. The molecule has 3 aromatic rings. The highest BCUT2D eigenvalue weighted by atomic mass is 16.5. The number of nitrogens with one attached hydrogen (secondary N) is 1. The van der Waals surface area contributed by atoms with Crippen LogP contribution in [0.5, 0.6) is 11.5 Å². The van der Waals surface area contributed by atoms with Crippen molar-refractivity contribution in [3.63, 3.8) is 0 Å². The van der Waals surface area contributed by atoms with Crippen LogP contribution in [0.2, 0.25) is 0 Å². The Kier molecular flexibility index (Phi) is 7.16. The fraction of sp³-hybridized carbons (Fsp3) is 0.346. The third-order valence-corrected chi connectivity index (χ3v) is 6.64. The van der Waals surface area contributed by atoms with E-state index in [4.69, 9.17) is 19.2 Å². The Hall–Kier alpha value is -4.05. The number of urea groups is 1. The molecule has 0 bridgehead atoms. The summed E-state index contributed by atoms with van der Waals surface area (Å²) in [7, 11) is 5.84. The zero-order valence-corrected chi connectivity index (χ0v) is 20.8. The fourth-order valence-electron chi connectivity index (χ4n) is 4.54. The zero-order valence-electron chi connectivity index (χ0n) is 20.8. The van der Waals surface area contributed by atoms with E-state index in [1.807, 2.05) is 48.5 Å². The molecule has 4 rings (SSSR count). The number of hydrogen-bond donors (Lipinski definition) is 2. The topological polar surface area (TPSA) is 117 Å². The van der Waals surface area contributed by atoms with E-state index in [-0.39, 0.29) is 25.9 Å². The van der Waals surface area contributed by atoms with Crippen LogP contribution in [0.15, 0.2) is 48.5 Å². The number of likely N-dealkylation sites (tertiary alicyclic amines) is 1. The number of ether oxygens (including phenoxy) is 3. The average molecular weight is 495 g/mol. The lowest BCUT2D eigenvalue weighted by molar-refractivity contribution is -0.150. The van der Waals surface area contributed by atoms with Crippen molar-refractivity contribution in [3.8, 4) is 34.0 Å². The lowest BCUT2D eigenvalue weighted by Gasteiger charge is -2.38. The Labute approximate surface area is 209 Å². The fourth-order valence-corrected chi connectivity index (χ4v) is 4.54. The lowest BCUT2D eigenvalue weighted by Crippen LogP contribution is -2.52. The minimum atomic E-state index is -1.08. The summed E-state index contributed by atoms with van der Waals surface area (Å²) in [5.41, 5.74) is 2.06. The normalized spacial score (nSPS) is 14.8. The Bertz CT molecular complexity index is 1150. The number of aromatic amines is 1. The molecule has 0 spiro atoms. The van der Waals surface area contributed by atoms with Gasteiger partial charge in [0.15, 0.2) is 0 Å². The summed E-state index contributed by atoms with van der Waals surface area (Å²) in [6.45, 7) is 0.518. The number of aromatic nitrogens is 2. The van der Waals surface area contributed by atoms with Gasteiger partial charge in [-0.15, -0.1) is 0 Å². The number of carbonyl (C=O) groups is 2. The van der Waals surface area contributed by atoms with E-state index in [2.05, 4.69) is 4.98 Å². The summed E-state index contributed by atoms with van der Waals surface area (Å²) in [5.74, 6) is 1.48. The Morgan fingerprint density at radius 2 is 1.47 bits per heavy atom. The molecular formula is C26H30N4O6. The van der Waals surface area contributed by atoms with Crippen molar-refractivity contribution in [1.82, 2.24) is 19.9 Å². The van der Waals surface area contributed by atoms with E-state index in [1.165, 1.54) is 19.1 Å². The van der Waals surface area contributed by atoms with Gasteiger partial charge in [0.25, 0.3) is 0 Å². The van der Waals surface area contributed by atoms with Crippen LogP contribution >= 0.6 is 0 Å². The SMILES string of the molecule is COC(=O)C1(c2nc(-c3ccc(OC)cc3)c(-c3ccc(OC)cc3)[nH]2)CCN(C(=O)N(C)O)CC1. The van der Waals surface area contributed by atoms with Crippen LogP contribution in [0.3, 0.4) is 0 Å². The monoisotopic (exact) mass is 494 g/mol. The minimum absolute atomic E-state index is 0.259. The number of nitrogens with zero attached hydrogens (tertiary/aromatic N) is 3. The van der Waals surface area contributed by atoms with Gasteiger partial charge in [-0.1, -0.05) is 0 Å². The molecule has 0 aliphatic carbocycles. The molecule has 2 heterocycles. The van der Waals surface area contributed by atoms with Gasteiger partial charge in [-0.3, -0.25) is 10.0 Å². The van der Waals surface area contributed by atoms with E-state index in [1.54, 1.807) is 14.2 Å². The number of esters is 1. The molecule has 190 valence electrons. The molecule has 0 radical (unpaired) electrons. The van der Waals surface area contributed by atoms with Crippen LogP contribution in [-0.2, 0) is 14.9 Å². The summed E-state index contributed by atoms with van der Waals surface area (Å²) < 4.78 is 15.8. The van der Waals surface area contributed by atoms with Gasteiger partial charge in [0.05, 0.1) is 32.7 Å². The van der Waals surface area contributed by atoms with Crippen LogP contribution in [0.1, 0.15) is 18.7 Å². The maximum absolute atomic E-state index is 13.2. The molecule has 0 atom stereocenters. The third-order valence-electron chi connectivity index (χ3n) is 6.64. The van der Waals surface area contributed by atoms with E-state index in [9.17, 15) is 14.8 Å². The molecule has 2 aromatic carbocycles. The third kappa shape index (κ3) is 4.59. The first kappa shape index (κ1) is 25.1. The van der Waals surface area contributed by atoms with Gasteiger partial charge in [0.1, 0.15) is 22.7 Å². The second kappa shape index (κ2) is 10.3. The molecule has 1 aliphatic rings. The number of benzene rings is 2. The highest BCUT2D eigenvalue weighted by Crippen LogP contribution is 2.40. The molecule has 0 unspecified atom stereocenters. The van der Waals surface area contributed by atoms with Gasteiger partial charge in [-0.2, -0.15) is 0 Å². The summed E-state index contributed by atoms with van der Waals surface area (Å²) in [6, 6.07) is 14.6. The van der Waals surface area contributed by atoms with E-state index < -0.39 is 17.4 Å². The Morgan fingerprint density at radius 1 is 0.944 bits per heavy atom. The number of rotatable bonds is 6. The second-order valence-corrected chi connectivity index (χ2v) is 8.63. The van der Waals surface area contributed by atoms with Crippen LogP contribution < -0.4 is 9.47 Å². The Balaban J connectivity index is 1.80. The standard InChI is InChI=1S/C26H30N4O6/c1-29(33)25(32)30-15-13-26(14-16-30,24(31)36-4)23-27-21(17-5-9-19(34-2)10-6-17)22(28-23)18-7-11-20(35-3)12-8-18/h5-12,33H,13-16H2,1-4H3,(H,27,28). The van der Waals surface area contributed by atoms with Gasteiger partial charge in [-0.25, -0.2) is 14.8 Å². The van der Waals surface area contributed by atoms with E-state index in [0.29, 0.717) is 16.6 Å². The maximum Gasteiger partial charge on any atom is 0.343 e. The van der Waals surface area contributed by atoms with Gasteiger partial charge >= 0.3 is 12.0 Å². The molecule has 10 heteroatoms. The first-order chi connectivity index (χ1) is 17.3. The highest BCUT2D eigenvalue weighted by molar-refractivity contribution is 5.85. The number of imidazole rings is 1. The molecular weight excluding hydrogens is 464 g/mol. The molecule has 1 aliphatic heterocycles. The van der Waals surface area contributed by atoms with Gasteiger partial charge in [-0.05, 0) is 61.4 Å². The van der Waals surface area contributed by atoms with Gasteiger partial charge in [0, 0.05) is 31.3 Å². The predicted molar refractivity (Wildman–Crippen MR) is 132 cm³/mol. The van der Waals surface area contributed by atoms with Crippen LogP contribution in [0, 0.1) is 0 Å². The molecule has 10 nitrogen and oxygen atoms in total. The average Bonchev–Trinajstić information content (AvgIpc) is 3.38. The summed E-state index contributed by atoms with van der Waals surface area (Å²) >= 11 is 0. The smallest absolute Gasteiger partial charge is 0.343 e. The molecule has 1 aromatic heterocycles. The first-order valence-corrected chi connectivity index (χ1v) is 11.5. The van der Waals surface area contributed by atoms with Crippen molar-refractivity contribution in [3.05, 3.63) is 54.4 Å². The number of piperidine rings is 1. The summed E-state index contributed by atoms with van der Waals surface area (Å²) in [4.78, 5) is 35.3. The molecule has 1 fully saturated rings. The molecule has 2 amide bonds. The number of carbonyl (C=O) groups excluding carboxylic acids is 2. The van der Waals surface area contributed by atoms with E-state index in [0.717, 1.165) is 28.3 Å². The van der Waals surface area contributed by atoms with Crippen molar-refractivity contribution in [2.24, 2.45) is 0 Å². The van der Waals surface area contributed by atoms with Crippen LogP contribution in [-0.4, -0.2) is 78.6 Å². The lowest BCUT2D eigenvalue weighted by atomic mass is 9.77. The van der Waals surface area contributed by atoms with E-state index >= 15 is 0 Å². The minimum Gasteiger partial charge on any atom is -0.497 e. The predicted octanol–water partition coefficient (Wildman–Crippen LogP) is 3.71. The number of amides is 2. The summed E-state index contributed by atoms with van der Waals surface area (Å²) in [5, 5.41) is 10.1. The molecule has 0 saturated carbocycles. The highest BCUT2D eigenvalue weighted by Gasteiger charge is 2.48. The summed E-state index contributed by atoms with van der Waals surface area (Å²) in [6.07, 6.45) is 0.577. The molecule has 2 N–H and O–H groups in total. The van der Waals surface area contributed by atoms with Crippen molar-refractivity contribution in [2.45, 2.75) is 18.3 Å². The van der Waals surface area contributed by atoms with Gasteiger partial charge in [0.2, 0.25) is 0 Å². The van der Waals surface area contributed by atoms with Crippen molar-refractivity contribution in [2.75, 3.05) is 41.5 Å². The number of H-pyrrole nitrogens is 1. The number of hydroxylamine groups is 2. The number of methoxy groups -OCH3 is 3. The van der Waals surface area contributed by atoms with Gasteiger partial charge < -0.3 is 24.1 Å². The Morgan fingerprint density at radius 3 is 1.94 bits per heavy atom. The molecule has 1 saturated heterocycles. The molecule has 36 heavy (non-hydrogen) atoms. The number of hydrogen-bond acceptors (Lipinski definition) is 7. The van der Waals surface area contributed by atoms with Crippen molar-refractivity contribution >= 4 is 12.0 Å². The largest absolute Gasteiger partial charge is 0.497 e. The van der Waals surface area contributed by atoms with Crippen molar-refractivity contribution < 1.29 is 29.0 Å². The zero-order chi connectivity index (χ0) is 25.9. The first-order valence-electron chi connectivity index (χ1n) is 11.5. The van der Waals surface area contributed by atoms with Crippen molar-refractivity contribution in [1.29, 1.82) is 0 Å².